The van der Waals surface area contributed by atoms with Crippen LogP contribution in [-0.2, 0) is 9.53 Å². The van der Waals surface area contributed by atoms with Crippen molar-refractivity contribution in [1.29, 1.82) is 0 Å². The molecule has 0 radical (unpaired) electrons. The summed E-state index contributed by atoms with van der Waals surface area (Å²) in [6.07, 6.45) is 7.74. The topological polar surface area (TPSA) is 62.4 Å². The molecule has 0 aromatic heterocycles. The van der Waals surface area contributed by atoms with Crippen molar-refractivity contribution in [3.05, 3.63) is 0 Å². The Bertz CT molecular complexity index is 263. The fraction of sp³-hybridized carbons (Fsp3) is 0.933. The highest BCUT2D eigenvalue weighted by molar-refractivity contribution is 5.72. The zero-order chi connectivity index (χ0) is 14.8. The van der Waals surface area contributed by atoms with Crippen molar-refractivity contribution >= 4 is 5.97 Å². The molecule has 1 atom stereocenters. The van der Waals surface area contributed by atoms with E-state index in [9.17, 15) is 4.79 Å². The lowest BCUT2D eigenvalue weighted by atomic mass is 9.97. The minimum absolute atomic E-state index is 0.00396. The number of carbonyl (C=O) groups is 1. The average Bonchev–Trinajstić information content (AvgIpc) is 2.37. The molecular formula is C15H31N3O2. The molecule has 1 aliphatic heterocycles. The molecule has 118 valence electrons. The summed E-state index contributed by atoms with van der Waals surface area (Å²) in [6, 6.07) is 0. The van der Waals surface area contributed by atoms with Crippen LogP contribution in [0.15, 0.2) is 0 Å². The highest BCUT2D eigenvalue weighted by Crippen LogP contribution is 2.19. The second-order valence-electron chi connectivity index (χ2n) is 6.55. The highest BCUT2D eigenvalue weighted by Gasteiger charge is 2.24. The number of nitrogens with one attached hydrogen (secondary N) is 3. The molecule has 1 rings (SSSR count). The summed E-state index contributed by atoms with van der Waals surface area (Å²) in [6.45, 7) is 7.51. The zero-order valence-corrected chi connectivity index (χ0v) is 13.3. The van der Waals surface area contributed by atoms with Gasteiger partial charge in [-0.1, -0.05) is 25.7 Å². The summed E-state index contributed by atoms with van der Waals surface area (Å²) in [7, 11) is 0. The summed E-state index contributed by atoms with van der Waals surface area (Å²) in [4.78, 5) is 12.2. The van der Waals surface area contributed by atoms with Crippen molar-refractivity contribution in [3.63, 3.8) is 0 Å². The second-order valence-corrected chi connectivity index (χ2v) is 6.55. The Labute approximate surface area is 123 Å². The monoisotopic (exact) mass is 285 g/mol. The van der Waals surface area contributed by atoms with Gasteiger partial charge >= 0.3 is 5.97 Å². The summed E-state index contributed by atoms with van der Waals surface area (Å²) < 4.78 is 5.52. The molecule has 0 saturated carbocycles. The van der Waals surface area contributed by atoms with E-state index in [1.54, 1.807) is 0 Å². The number of carbonyl (C=O) groups excluding carboxylic acids is 1. The normalized spacial score (nSPS) is 24.1. The minimum atomic E-state index is -0.397. The lowest BCUT2D eigenvalue weighted by Gasteiger charge is -2.24. The van der Waals surface area contributed by atoms with Crippen molar-refractivity contribution in [3.8, 4) is 0 Å². The smallest absolute Gasteiger partial charge is 0.309 e. The van der Waals surface area contributed by atoms with Crippen LogP contribution in [0.2, 0.25) is 0 Å². The van der Waals surface area contributed by atoms with E-state index in [2.05, 4.69) is 16.4 Å². The first-order valence-electron chi connectivity index (χ1n) is 7.92. The Balaban J connectivity index is 2.44. The van der Waals surface area contributed by atoms with Gasteiger partial charge < -0.3 is 4.74 Å². The molecule has 5 nitrogen and oxygen atoms in total. The molecule has 0 aromatic carbocycles. The van der Waals surface area contributed by atoms with E-state index in [0.717, 1.165) is 32.4 Å². The van der Waals surface area contributed by atoms with Gasteiger partial charge in [0.1, 0.15) is 5.60 Å². The van der Waals surface area contributed by atoms with Crippen LogP contribution in [0.4, 0.5) is 0 Å². The molecule has 0 aliphatic carbocycles. The molecule has 1 saturated heterocycles. The van der Waals surface area contributed by atoms with Gasteiger partial charge in [-0.2, -0.15) is 5.53 Å². The van der Waals surface area contributed by atoms with E-state index in [4.69, 9.17) is 4.74 Å². The number of esters is 1. The minimum Gasteiger partial charge on any atom is -0.460 e. The Morgan fingerprint density at radius 3 is 2.35 bits per heavy atom. The summed E-state index contributed by atoms with van der Waals surface area (Å²) in [5.74, 6) is -0.0496. The largest absolute Gasteiger partial charge is 0.460 e. The predicted molar refractivity (Wildman–Crippen MR) is 80.8 cm³/mol. The van der Waals surface area contributed by atoms with Crippen molar-refractivity contribution in [2.45, 2.75) is 71.3 Å². The molecule has 1 fully saturated rings. The van der Waals surface area contributed by atoms with E-state index in [0.29, 0.717) is 0 Å². The quantitative estimate of drug-likeness (QED) is 0.645. The lowest BCUT2D eigenvalue weighted by Crippen LogP contribution is -2.44. The Hall–Kier alpha value is -0.650. The van der Waals surface area contributed by atoms with Crippen LogP contribution in [0.3, 0.4) is 0 Å². The van der Waals surface area contributed by atoms with E-state index in [-0.39, 0.29) is 11.9 Å². The number of rotatable bonds is 1. The maximum atomic E-state index is 12.2. The first-order valence-corrected chi connectivity index (χ1v) is 7.92. The van der Waals surface area contributed by atoms with Gasteiger partial charge in [0.05, 0.1) is 5.92 Å². The second kappa shape index (κ2) is 9.32. The van der Waals surface area contributed by atoms with Crippen LogP contribution >= 0.6 is 0 Å². The number of ether oxygens (including phenoxy) is 1. The van der Waals surface area contributed by atoms with Gasteiger partial charge in [-0.05, 0) is 40.0 Å². The molecule has 3 N–H and O–H groups in total. The third kappa shape index (κ3) is 8.51. The molecule has 20 heavy (non-hydrogen) atoms. The van der Waals surface area contributed by atoms with Crippen molar-refractivity contribution < 1.29 is 9.53 Å². The number of hydrazine groups is 2. The molecule has 0 amide bonds. The molecule has 5 heteroatoms. The van der Waals surface area contributed by atoms with Crippen LogP contribution in [0.25, 0.3) is 0 Å². The fourth-order valence-electron chi connectivity index (χ4n) is 2.33. The average molecular weight is 285 g/mol. The third-order valence-electron chi connectivity index (χ3n) is 3.39. The van der Waals surface area contributed by atoms with Gasteiger partial charge in [0, 0.05) is 13.1 Å². The first kappa shape index (κ1) is 17.4. The van der Waals surface area contributed by atoms with E-state index in [1.807, 2.05) is 20.8 Å². The van der Waals surface area contributed by atoms with E-state index in [1.165, 1.54) is 25.7 Å². The fourth-order valence-corrected chi connectivity index (χ4v) is 2.33. The molecule has 0 aromatic rings. The Morgan fingerprint density at radius 1 is 0.950 bits per heavy atom. The molecular weight excluding hydrogens is 254 g/mol. The Morgan fingerprint density at radius 2 is 1.60 bits per heavy atom. The van der Waals surface area contributed by atoms with E-state index < -0.39 is 5.60 Å². The van der Waals surface area contributed by atoms with Crippen LogP contribution < -0.4 is 16.4 Å². The Kier molecular flexibility index (Phi) is 8.11. The molecule has 0 bridgehead atoms. The molecule has 1 heterocycles. The zero-order valence-electron chi connectivity index (χ0n) is 13.3. The maximum absolute atomic E-state index is 12.2. The SMILES string of the molecule is CC(C)(C)OC(=O)C1CCCCCCCNNNCC1. The molecule has 0 spiro atoms. The summed E-state index contributed by atoms with van der Waals surface area (Å²) >= 11 is 0. The standard InChI is InChI=1S/C15H31N3O2/c1-15(2,3)20-14(19)13-9-7-5-4-6-8-11-16-18-17-12-10-13/h13,16-18H,4-12H2,1-3H3. The van der Waals surface area contributed by atoms with Crippen LogP contribution in [0.5, 0.6) is 0 Å². The summed E-state index contributed by atoms with van der Waals surface area (Å²) in [5.41, 5.74) is 8.81. The molecule has 1 unspecified atom stereocenters. The predicted octanol–water partition coefficient (Wildman–Crippen LogP) is 2.29. The van der Waals surface area contributed by atoms with Crippen molar-refractivity contribution in [1.82, 2.24) is 16.4 Å². The van der Waals surface area contributed by atoms with Gasteiger partial charge in [0.15, 0.2) is 0 Å². The third-order valence-corrected chi connectivity index (χ3v) is 3.39. The van der Waals surface area contributed by atoms with Gasteiger partial charge in [-0.25, -0.2) is 10.9 Å². The summed E-state index contributed by atoms with van der Waals surface area (Å²) in [5, 5.41) is 0. The molecule has 1 aliphatic rings. The van der Waals surface area contributed by atoms with Crippen LogP contribution in [-0.4, -0.2) is 24.7 Å². The van der Waals surface area contributed by atoms with Crippen LogP contribution in [0, 0.1) is 5.92 Å². The van der Waals surface area contributed by atoms with Gasteiger partial charge in [0.2, 0.25) is 0 Å². The van der Waals surface area contributed by atoms with Crippen LogP contribution in [0.1, 0.15) is 65.7 Å². The lowest BCUT2D eigenvalue weighted by molar-refractivity contribution is -0.160. The van der Waals surface area contributed by atoms with Crippen molar-refractivity contribution in [2.75, 3.05) is 13.1 Å². The van der Waals surface area contributed by atoms with Crippen molar-refractivity contribution in [2.24, 2.45) is 5.92 Å². The van der Waals surface area contributed by atoms with E-state index >= 15 is 0 Å². The maximum Gasteiger partial charge on any atom is 0.309 e. The number of hydrogen-bond acceptors (Lipinski definition) is 5. The van der Waals surface area contributed by atoms with Gasteiger partial charge in [-0.3, -0.25) is 4.79 Å². The highest BCUT2D eigenvalue weighted by atomic mass is 16.6. The van der Waals surface area contributed by atoms with Gasteiger partial charge in [-0.15, -0.1) is 0 Å². The van der Waals surface area contributed by atoms with Gasteiger partial charge in [0.25, 0.3) is 0 Å². The number of hydrogen-bond donors (Lipinski definition) is 3. The first-order chi connectivity index (χ1) is 9.49.